The van der Waals surface area contributed by atoms with E-state index in [1.807, 2.05) is 18.2 Å². The molecule has 28 heavy (non-hydrogen) atoms. The Bertz CT molecular complexity index is 792. The van der Waals surface area contributed by atoms with Crippen molar-refractivity contribution < 1.29 is 9.13 Å². The highest BCUT2D eigenvalue weighted by atomic mass is 19.1. The molecule has 1 atom stereocenters. The fourth-order valence-corrected chi connectivity index (χ4v) is 3.56. The second kappa shape index (κ2) is 10.0. The molecular formula is C21H28FN5O. The molecule has 6 nitrogen and oxygen atoms in total. The Hall–Kier alpha value is -2.67. The van der Waals surface area contributed by atoms with E-state index in [1.165, 1.54) is 18.9 Å². The van der Waals surface area contributed by atoms with Crippen molar-refractivity contribution >= 4 is 5.96 Å². The standard InChI is InChI=1S/C21H28FN5O/c1-23-21(25-14-18-17(22)9-7-11-24-18)26-15-19(27-12-5-6-13-27)16-8-3-4-10-20(16)28-2/h3-4,7-11,19H,5-6,12-15H2,1-2H3,(H2,23,25,26). The summed E-state index contributed by atoms with van der Waals surface area (Å²) in [7, 11) is 3.41. The molecular weight excluding hydrogens is 357 g/mol. The summed E-state index contributed by atoms with van der Waals surface area (Å²) in [4.78, 5) is 10.8. The second-order valence-corrected chi connectivity index (χ2v) is 6.74. The molecule has 2 N–H and O–H groups in total. The van der Waals surface area contributed by atoms with E-state index in [-0.39, 0.29) is 18.4 Å². The quantitative estimate of drug-likeness (QED) is 0.567. The molecule has 0 bridgehead atoms. The van der Waals surface area contributed by atoms with E-state index in [9.17, 15) is 4.39 Å². The molecule has 1 fully saturated rings. The van der Waals surface area contributed by atoms with Gasteiger partial charge in [-0.2, -0.15) is 0 Å². The van der Waals surface area contributed by atoms with Crippen LogP contribution in [0.25, 0.3) is 0 Å². The smallest absolute Gasteiger partial charge is 0.191 e. The number of methoxy groups -OCH3 is 1. The summed E-state index contributed by atoms with van der Waals surface area (Å²) in [5.74, 6) is 1.18. The number of pyridine rings is 1. The molecule has 2 aromatic rings. The van der Waals surface area contributed by atoms with Crippen LogP contribution in [0.5, 0.6) is 5.75 Å². The summed E-state index contributed by atoms with van der Waals surface area (Å²) in [5.41, 5.74) is 1.52. The van der Waals surface area contributed by atoms with E-state index in [2.05, 4.69) is 31.6 Å². The first-order chi connectivity index (χ1) is 13.7. The van der Waals surface area contributed by atoms with Gasteiger partial charge in [-0.3, -0.25) is 14.9 Å². The molecule has 0 amide bonds. The summed E-state index contributed by atoms with van der Waals surface area (Å²) >= 11 is 0. The lowest BCUT2D eigenvalue weighted by molar-refractivity contribution is 0.239. The van der Waals surface area contributed by atoms with Gasteiger partial charge in [0.2, 0.25) is 0 Å². The fourth-order valence-electron chi connectivity index (χ4n) is 3.56. The van der Waals surface area contributed by atoms with Crippen LogP contribution in [0.4, 0.5) is 4.39 Å². The largest absolute Gasteiger partial charge is 0.496 e. The van der Waals surface area contributed by atoms with Gasteiger partial charge < -0.3 is 15.4 Å². The minimum Gasteiger partial charge on any atom is -0.496 e. The number of rotatable bonds is 7. The molecule has 1 unspecified atom stereocenters. The van der Waals surface area contributed by atoms with Crippen LogP contribution in [0.3, 0.4) is 0 Å². The number of para-hydroxylation sites is 1. The zero-order valence-electron chi connectivity index (χ0n) is 16.5. The lowest BCUT2D eigenvalue weighted by Crippen LogP contribution is -2.42. The van der Waals surface area contributed by atoms with Gasteiger partial charge in [-0.25, -0.2) is 4.39 Å². The van der Waals surface area contributed by atoms with Crippen LogP contribution in [0.15, 0.2) is 47.6 Å². The number of nitrogens with one attached hydrogen (secondary N) is 2. The van der Waals surface area contributed by atoms with Crippen molar-refractivity contribution in [2.75, 3.05) is 33.8 Å². The molecule has 1 aromatic carbocycles. The SMILES string of the molecule is CN=C(NCc1ncccc1F)NCC(c1ccccc1OC)N1CCCC1. The summed E-state index contributed by atoms with van der Waals surface area (Å²) in [6, 6.07) is 11.3. The average Bonchev–Trinajstić information content (AvgIpc) is 3.26. The number of aliphatic imine (C=N–C) groups is 1. The maximum atomic E-state index is 13.8. The van der Waals surface area contributed by atoms with Gasteiger partial charge in [0.25, 0.3) is 0 Å². The zero-order chi connectivity index (χ0) is 19.8. The maximum Gasteiger partial charge on any atom is 0.191 e. The Morgan fingerprint density at radius 2 is 2.00 bits per heavy atom. The van der Waals surface area contributed by atoms with Crippen LogP contribution in [0.2, 0.25) is 0 Å². The molecule has 0 spiro atoms. The predicted molar refractivity (Wildman–Crippen MR) is 109 cm³/mol. The van der Waals surface area contributed by atoms with Crippen LogP contribution in [-0.2, 0) is 6.54 Å². The van der Waals surface area contributed by atoms with Crippen LogP contribution in [-0.4, -0.2) is 49.6 Å². The molecule has 0 radical (unpaired) electrons. The van der Waals surface area contributed by atoms with Gasteiger partial charge in [0.1, 0.15) is 11.6 Å². The minimum absolute atomic E-state index is 0.170. The highest BCUT2D eigenvalue weighted by molar-refractivity contribution is 5.79. The van der Waals surface area contributed by atoms with Gasteiger partial charge in [0.05, 0.1) is 25.4 Å². The van der Waals surface area contributed by atoms with Gasteiger partial charge >= 0.3 is 0 Å². The third-order valence-electron chi connectivity index (χ3n) is 5.02. The lowest BCUT2D eigenvalue weighted by atomic mass is 10.0. The van der Waals surface area contributed by atoms with Crippen molar-refractivity contribution in [3.05, 3.63) is 59.7 Å². The molecule has 7 heteroatoms. The van der Waals surface area contributed by atoms with Crippen molar-refractivity contribution in [3.8, 4) is 5.75 Å². The number of ether oxygens (including phenoxy) is 1. The highest BCUT2D eigenvalue weighted by Gasteiger charge is 2.26. The summed E-state index contributed by atoms with van der Waals surface area (Å²) < 4.78 is 19.4. The van der Waals surface area contributed by atoms with Gasteiger partial charge in [-0.15, -0.1) is 0 Å². The molecule has 1 aliphatic rings. The van der Waals surface area contributed by atoms with Crippen molar-refractivity contribution in [1.29, 1.82) is 0 Å². The Labute approximate surface area is 165 Å². The molecule has 150 valence electrons. The topological polar surface area (TPSA) is 61.8 Å². The summed E-state index contributed by atoms with van der Waals surface area (Å²) in [6.45, 7) is 3.07. The van der Waals surface area contributed by atoms with Crippen LogP contribution < -0.4 is 15.4 Å². The van der Waals surface area contributed by atoms with E-state index < -0.39 is 0 Å². The van der Waals surface area contributed by atoms with Crippen molar-refractivity contribution in [2.24, 2.45) is 4.99 Å². The molecule has 3 rings (SSSR count). The molecule has 1 aliphatic heterocycles. The number of benzene rings is 1. The van der Waals surface area contributed by atoms with Crippen molar-refractivity contribution in [1.82, 2.24) is 20.5 Å². The van der Waals surface area contributed by atoms with Crippen LogP contribution in [0, 0.1) is 5.82 Å². The number of aromatic nitrogens is 1. The van der Waals surface area contributed by atoms with Crippen molar-refractivity contribution in [3.63, 3.8) is 0 Å². The number of nitrogens with zero attached hydrogens (tertiary/aromatic N) is 3. The number of guanidine groups is 1. The Kier molecular flexibility index (Phi) is 7.19. The predicted octanol–water partition coefficient (Wildman–Crippen LogP) is 2.73. The number of hydrogen-bond acceptors (Lipinski definition) is 4. The molecule has 0 aliphatic carbocycles. The highest BCUT2D eigenvalue weighted by Crippen LogP contribution is 2.31. The van der Waals surface area contributed by atoms with Gasteiger partial charge in [-0.1, -0.05) is 18.2 Å². The monoisotopic (exact) mass is 385 g/mol. The second-order valence-electron chi connectivity index (χ2n) is 6.74. The van der Waals surface area contributed by atoms with E-state index >= 15 is 0 Å². The third kappa shape index (κ3) is 4.98. The maximum absolute atomic E-state index is 13.8. The third-order valence-corrected chi connectivity index (χ3v) is 5.02. The van der Waals surface area contributed by atoms with E-state index in [4.69, 9.17) is 4.74 Å². The molecule has 0 saturated carbocycles. The zero-order valence-corrected chi connectivity index (χ0v) is 16.5. The number of halogens is 1. The first kappa shape index (κ1) is 20.1. The first-order valence-electron chi connectivity index (χ1n) is 9.63. The molecule has 1 saturated heterocycles. The van der Waals surface area contributed by atoms with Gasteiger partial charge in [-0.05, 0) is 44.1 Å². The molecule has 2 heterocycles. The number of likely N-dealkylation sites (tertiary alicyclic amines) is 1. The van der Waals surface area contributed by atoms with E-state index in [0.717, 1.165) is 24.4 Å². The van der Waals surface area contributed by atoms with Crippen LogP contribution in [0.1, 0.15) is 30.1 Å². The molecule has 1 aromatic heterocycles. The van der Waals surface area contributed by atoms with Gasteiger partial charge in [0, 0.05) is 25.4 Å². The lowest BCUT2D eigenvalue weighted by Gasteiger charge is -2.30. The Morgan fingerprint density at radius 1 is 1.21 bits per heavy atom. The first-order valence-corrected chi connectivity index (χ1v) is 9.63. The summed E-state index contributed by atoms with van der Waals surface area (Å²) in [6.07, 6.45) is 4.00. The van der Waals surface area contributed by atoms with E-state index in [0.29, 0.717) is 18.2 Å². The van der Waals surface area contributed by atoms with E-state index in [1.54, 1.807) is 26.4 Å². The number of hydrogen-bond donors (Lipinski definition) is 2. The van der Waals surface area contributed by atoms with Gasteiger partial charge in [0.15, 0.2) is 5.96 Å². The minimum atomic E-state index is -0.325. The normalized spacial score (nSPS) is 16.0. The fraction of sp³-hybridized carbons (Fsp3) is 0.429. The van der Waals surface area contributed by atoms with Crippen molar-refractivity contribution in [2.45, 2.75) is 25.4 Å². The Morgan fingerprint density at radius 3 is 2.71 bits per heavy atom. The summed E-state index contributed by atoms with van der Waals surface area (Å²) in [5, 5.41) is 6.52. The van der Waals surface area contributed by atoms with Crippen LogP contribution >= 0.6 is 0 Å². The average molecular weight is 385 g/mol. The Balaban J connectivity index is 1.67.